The first-order valence-corrected chi connectivity index (χ1v) is 6.29. The second-order valence-corrected chi connectivity index (χ2v) is 4.56. The van der Waals surface area contributed by atoms with Crippen LogP contribution in [0.25, 0.3) is 0 Å². The largest absolute Gasteiger partial charge is 0.384 e. The lowest BCUT2D eigenvalue weighted by Gasteiger charge is -2.11. The molecule has 0 radical (unpaired) electrons. The predicted octanol–water partition coefficient (Wildman–Crippen LogP) is 1.31. The zero-order chi connectivity index (χ0) is 13.7. The number of carbonyl (C=O) groups is 1. The fraction of sp³-hybridized carbons (Fsp3) is 0.400. The number of benzene rings is 1. The average Bonchev–Trinajstić information content (AvgIpc) is 2.93. The molecule has 1 aromatic rings. The number of hydrogen-bond donors (Lipinski definition) is 2. The van der Waals surface area contributed by atoms with Crippen LogP contribution < -0.4 is 5.32 Å². The van der Waals surface area contributed by atoms with E-state index < -0.39 is 0 Å². The highest BCUT2D eigenvalue weighted by Crippen LogP contribution is 2.20. The highest BCUT2D eigenvalue weighted by atomic mass is 16.5. The minimum Gasteiger partial charge on any atom is -0.384 e. The molecule has 1 aliphatic heterocycles. The molecule has 1 aromatic carbocycles. The minimum atomic E-state index is -0.197. The van der Waals surface area contributed by atoms with Gasteiger partial charge in [0.15, 0.2) is 0 Å². The molecule has 1 heterocycles. The van der Waals surface area contributed by atoms with Crippen molar-refractivity contribution >= 4 is 11.6 Å². The maximum atomic E-state index is 12.0. The van der Waals surface area contributed by atoms with Crippen LogP contribution in [0.2, 0.25) is 0 Å². The van der Waals surface area contributed by atoms with Gasteiger partial charge in [-0.05, 0) is 31.0 Å². The minimum absolute atomic E-state index is 0.0339. The Kier molecular flexibility index (Phi) is 4.56. The number of ether oxygens (including phenoxy) is 1. The number of aliphatic hydroxyl groups excluding tert-OH is 1. The second kappa shape index (κ2) is 6.37. The van der Waals surface area contributed by atoms with E-state index in [1.165, 1.54) is 0 Å². The summed E-state index contributed by atoms with van der Waals surface area (Å²) in [5.41, 5.74) is 2.47. The number of anilines is 1. The smallest absolute Gasteiger partial charge is 0.229 e. The lowest BCUT2D eigenvalue weighted by molar-refractivity contribution is -0.119. The molecule has 0 bridgehead atoms. The van der Waals surface area contributed by atoms with Crippen LogP contribution in [-0.2, 0) is 9.53 Å². The van der Waals surface area contributed by atoms with Gasteiger partial charge in [-0.1, -0.05) is 17.9 Å². The van der Waals surface area contributed by atoms with E-state index in [-0.39, 0.29) is 18.4 Å². The molecule has 19 heavy (non-hydrogen) atoms. The number of aliphatic hydroxyl groups is 1. The molecule has 1 saturated heterocycles. The standard InChI is InChI=1S/C15H17NO3/c1-11-4-5-14(12(9-11)3-2-7-17)16-15(18)13-6-8-19-10-13/h4-5,9,13,17H,6-8,10H2,1H3,(H,16,18). The van der Waals surface area contributed by atoms with Gasteiger partial charge in [-0.3, -0.25) is 4.79 Å². The first-order chi connectivity index (χ1) is 9.20. The summed E-state index contributed by atoms with van der Waals surface area (Å²) in [5, 5.41) is 11.7. The molecule has 0 aliphatic carbocycles. The van der Waals surface area contributed by atoms with Crippen LogP contribution in [0.5, 0.6) is 0 Å². The van der Waals surface area contributed by atoms with Gasteiger partial charge in [0.2, 0.25) is 5.91 Å². The number of aryl methyl sites for hydroxylation is 1. The van der Waals surface area contributed by atoms with Crippen molar-refractivity contribution in [1.29, 1.82) is 0 Å². The fourth-order valence-electron chi connectivity index (χ4n) is 1.98. The van der Waals surface area contributed by atoms with Crippen LogP contribution in [0, 0.1) is 24.7 Å². The van der Waals surface area contributed by atoms with E-state index in [0.717, 1.165) is 17.5 Å². The summed E-state index contributed by atoms with van der Waals surface area (Å²) >= 11 is 0. The number of hydrogen-bond acceptors (Lipinski definition) is 3. The van der Waals surface area contributed by atoms with Crippen molar-refractivity contribution in [2.75, 3.05) is 25.1 Å². The third-order valence-corrected chi connectivity index (χ3v) is 3.04. The van der Waals surface area contributed by atoms with Crippen LogP contribution in [0.4, 0.5) is 5.69 Å². The molecule has 1 aliphatic rings. The number of carbonyl (C=O) groups excluding carboxylic acids is 1. The summed E-state index contributed by atoms with van der Waals surface area (Å²) in [6.45, 7) is 2.89. The molecule has 4 nitrogen and oxygen atoms in total. The maximum absolute atomic E-state index is 12.0. The summed E-state index contributed by atoms with van der Waals surface area (Å²) in [4.78, 5) is 12.0. The molecule has 4 heteroatoms. The number of nitrogens with one attached hydrogen (secondary N) is 1. The first-order valence-electron chi connectivity index (χ1n) is 6.29. The zero-order valence-corrected chi connectivity index (χ0v) is 10.9. The molecular formula is C15H17NO3. The average molecular weight is 259 g/mol. The molecule has 2 rings (SSSR count). The van der Waals surface area contributed by atoms with Crippen LogP contribution in [0.15, 0.2) is 18.2 Å². The van der Waals surface area contributed by atoms with Gasteiger partial charge in [-0.2, -0.15) is 0 Å². The summed E-state index contributed by atoms with van der Waals surface area (Å²) < 4.78 is 5.21. The Morgan fingerprint density at radius 1 is 1.58 bits per heavy atom. The van der Waals surface area contributed by atoms with Crippen molar-refractivity contribution in [1.82, 2.24) is 0 Å². The summed E-state index contributed by atoms with van der Waals surface area (Å²) in [5.74, 6) is 5.34. The fourth-order valence-corrected chi connectivity index (χ4v) is 1.98. The predicted molar refractivity (Wildman–Crippen MR) is 72.7 cm³/mol. The van der Waals surface area contributed by atoms with Crippen LogP contribution >= 0.6 is 0 Å². The van der Waals surface area contributed by atoms with E-state index in [0.29, 0.717) is 18.9 Å². The van der Waals surface area contributed by atoms with Gasteiger partial charge in [-0.25, -0.2) is 0 Å². The van der Waals surface area contributed by atoms with Gasteiger partial charge in [0.25, 0.3) is 0 Å². The zero-order valence-electron chi connectivity index (χ0n) is 10.9. The Morgan fingerprint density at radius 3 is 3.11 bits per heavy atom. The molecular weight excluding hydrogens is 242 g/mol. The lowest BCUT2D eigenvalue weighted by atomic mass is 10.1. The maximum Gasteiger partial charge on any atom is 0.229 e. The summed E-state index contributed by atoms with van der Waals surface area (Å²) in [6, 6.07) is 5.65. The number of rotatable bonds is 2. The number of amides is 1. The normalized spacial score (nSPS) is 17.7. The SMILES string of the molecule is Cc1ccc(NC(=O)C2CCOC2)c(C#CCO)c1. The van der Waals surface area contributed by atoms with Crippen molar-refractivity contribution in [3.8, 4) is 11.8 Å². The summed E-state index contributed by atoms with van der Waals surface area (Å²) in [7, 11) is 0. The first kappa shape index (κ1) is 13.6. The van der Waals surface area contributed by atoms with Crippen LogP contribution in [0.3, 0.4) is 0 Å². The third kappa shape index (κ3) is 3.57. The molecule has 0 spiro atoms. The van der Waals surface area contributed by atoms with Crippen molar-refractivity contribution in [3.63, 3.8) is 0 Å². The summed E-state index contributed by atoms with van der Waals surface area (Å²) in [6.07, 6.45) is 0.759. The van der Waals surface area contributed by atoms with E-state index >= 15 is 0 Å². The topological polar surface area (TPSA) is 58.6 Å². The lowest BCUT2D eigenvalue weighted by Crippen LogP contribution is -2.23. The molecule has 1 amide bonds. The highest BCUT2D eigenvalue weighted by molar-refractivity contribution is 5.94. The molecule has 100 valence electrons. The molecule has 1 unspecified atom stereocenters. The van der Waals surface area contributed by atoms with E-state index in [4.69, 9.17) is 9.84 Å². The van der Waals surface area contributed by atoms with Gasteiger partial charge < -0.3 is 15.2 Å². The molecule has 2 N–H and O–H groups in total. The van der Waals surface area contributed by atoms with Gasteiger partial charge in [0.05, 0.1) is 18.2 Å². The van der Waals surface area contributed by atoms with Gasteiger partial charge in [0, 0.05) is 12.2 Å². The van der Waals surface area contributed by atoms with Crippen molar-refractivity contribution < 1.29 is 14.6 Å². The van der Waals surface area contributed by atoms with Crippen molar-refractivity contribution in [2.45, 2.75) is 13.3 Å². The highest BCUT2D eigenvalue weighted by Gasteiger charge is 2.23. The van der Waals surface area contributed by atoms with Crippen molar-refractivity contribution in [3.05, 3.63) is 29.3 Å². The van der Waals surface area contributed by atoms with Crippen LogP contribution in [0.1, 0.15) is 17.5 Å². The second-order valence-electron chi connectivity index (χ2n) is 4.56. The Morgan fingerprint density at radius 2 is 2.42 bits per heavy atom. The van der Waals surface area contributed by atoms with E-state index in [1.807, 2.05) is 25.1 Å². The molecule has 0 saturated carbocycles. The van der Waals surface area contributed by atoms with E-state index in [2.05, 4.69) is 17.2 Å². The van der Waals surface area contributed by atoms with E-state index in [1.54, 1.807) is 0 Å². The van der Waals surface area contributed by atoms with Gasteiger partial charge in [-0.15, -0.1) is 0 Å². The Hall–Kier alpha value is -1.83. The Bertz CT molecular complexity index is 522. The molecule has 1 fully saturated rings. The molecule has 1 atom stereocenters. The Labute approximate surface area is 112 Å². The Balaban J connectivity index is 2.16. The van der Waals surface area contributed by atoms with Crippen molar-refractivity contribution in [2.24, 2.45) is 5.92 Å². The quantitative estimate of drug-likeness (QED) is 0.787. The van der Waals surface area contributed by atoms with Crippen LogP contribution in [-0.4, -0.2) is 30.8 Å². The van der Waals surface area contributed by atoms with E-state index in [9.17, 15) is 4.79 Å². The van der Waals surface area contributed by atoms with Gasteiger partial charge >= 0.3 is 0 Å². The van der Waals surface area contributed by atoms with Gasteiger partial charge in [0.1, 0.15) is 6.61 Å². The molecule has 0 aromatic heterocycles. The monoisotopic (exact) mass is 259 g/mol. The third-order valence-electron chi connectivity index (χ3n) is 3.04.